The SMILES string of the molecule is O=C(CCc1nc(-c2ccccc2)no1)NC1CCCc2c1cnn2Cc1ccccc1. The number of hydrogen-bond acceptors (Lipinski definition) is 5. The summed E-state index contributed by atoms with van der Waals surface area (Å²) in [5, 5.41) is 11.8. The summed E-state index contributed by atoms with van der Waals surface area (Å²) in [5.74, 6) is 1.00. The van der Waals surface area contributed by atoms with E-state index in [9.17, 15) is 4.79 Å². The molecule has 4 aromatic rings. The molecule has 0 spiro atoms. The molecule has 0 radical (unpaired) electrons. The summed E-state index contributed by atoms with van der Waals surface area (Å²) in [5.41, 5.74) is 4.47. The number of fused-ring (bicyclic) bond motifs is 1. The quantitative estimate of drug-likeness (QED) is 0.480. The number of carbonyl (C=O) groups is 1. The van der Waals surface area contributed by atoms with Crippen molar-refractivity contribution in [3.05, 3.63) is 89.6 Å². The number of aryl methyl sites for hydroxylation is 1. The monoisotopic (exact) mass is 427 g/mol. The molecule has 7 heteroatoms. The predicted octanol–water partition coefficient (Wildman–Crippen LogP) is 4.11. The van der Waals surface area contributed by atoms with Crippen LogP contribution >= 0.6 is 0 Å². The zero-order valence-corrected chi connectivity index (χ0v) is 17.8. The van der Waals surface area contributed by atoms with Crippen LogP contribution in [0.1, 0.15) is 48.0 Å². The summed E-state index contributed by atoms with van der Waals surface area (Å²) in [6.45, 7) is 0.748. The fourth-order valence-corrected chi connectivity index (χ4v) is 4.21. The first-order chi connectivity index (χ1) is 15.8. The Balaban J connectivity index is 1.19. The normalized spacial score (nSPS) is 15.3. The number of nitrogens with zero attached hydrogens (tertiary/aromatic N) is 4. The number of aromatic nitrogens is 4. The number of rotatable bonds is 7. The molecule has 5 rings (SSSR count). The van der Waals surface area contributed by atoms with Crippen molar-refractivity contribution in [3.8, 4) is 11.4 Å². The Bertz CT molecular complexity index is 1180. The van der Waals surface area contributed by atoms with Gasteiger partial charge in [-0.3, -0.25) is 9.48 Å². The number of hydrogen-bond donors (Lipinski definition) is 1. The number of amides is 1. The van der Waals surface area contributed by atoms with Gasteiger partial charge in [0.1, 0.15) is 0 Å². The highest BCUT2D eigenvalue weighted by atomic mass is 16.5. The van der Waals surface area contributed by atoms with Gasteiger partial charge >= 0.3 is 0 Å². The van der Waals surface area contributed by atoms with Crippen LogP contribution in [-0.2, 0) is 24.2 Å². The average molecular weight is 428 g/mol. The summed E-state index contributed by atoms with van der Waals surface area (Å²) >= 11 is 0. The van der Waals surface area contributed by atoms with Crippen molar-refractivity contribution in [3.63, 3.8) is 0 Å². The van der Waals surface area contributed by atoms with Crippen molar-refractivity contribution in [1.82, 2.24) is 25.2 Å². The molecular formula is C25H25N5O2. The van der Waals surface area contributed by atoms with Crippen molar-refractivity contribution in [2.24, 2.45) is 0 Å². The zero-order chi connectivity index (χ0) is 21.8. The van der Waals surface area contributed by atoms with Crippen molar-refractivity contribution in [2.75, 3.05) is 0 Å². The molecule has 162 valence electrons. The summed E-state index contributed by atoms with van der Waals surface area (Å²) in [6, 6.07) is 20.0. The van der Waals surface area contributed by atoms with Crippen LogP contribution < -0.4 is 5.32 Å². The van der Waals surface area contributed by atoms with E-state index in [0.29, 0.717) is 24.6 Å². The second-order valence-corrected chi connectivity index (χ2v) is 8.08. The fraction of sp³-hybridized carbons (Fsp3) is 0.280. The van der Waals surface area contributed by atoms with Crippen molar-refractivity contribution in [1.29, 1.82) is 0 Å². The molecule has 1 aliphatic carbocycles. The van der Waals surface area contributed by atoms with Crippen LogP contribution in [0.3, 0.4) is 0 Å². The molecule has 2 aromatic heterocycles. The van der Waals surface area contributed by atoms with E-state index in [1.807, 2.05) is 54.7 Å². The van der Waals surface area contributed by atoms with E-state index in [2.05, 4.69) is 37.4 Å². The molecule has 1 unspecified atom stereocenters. The Labute approximate surface area is 186 Å². The summed E-state index contributed by atoms with van der Waals surface area (Å²) < 4.78 is 7.38. The van der Waals surface area contributed by atoms with Gasteiger partial charge in [0.05, 0.1) is 18.8 Å². The lowest BCUT2D eigenvalue weighted by atomic mass is 9.92. The Hall–Kier alpha value is -3.74. The lowest BCUT2D eigenvalue weighted by molar-refractivity contribution is -0.122. The van der Waals surface area contributed by atoms with Gasteiger partial charge in [0.15, 0.2) is 0 Å². The maximum absolute atomic E-state index is 12.6. The Morgan fingerprint density at radius 3 is 2.69 bits per heavy atom. The van der Waals surface area contributed by atoms with E-state index in [0.717, 1.165) is 36.9 Å². The van der Waals surface area contributed by atoms with Crippen LogP contribution in [0.2, 0.25) is 0 Å². The first-order valence-corrected chi connectivity index (χ1v) is 11.0. The maximum Gasteiger partial charge on any atom is 0.227 e. The number of nitrogens with one attached hydrogen (secondary N) is 1. The van der Waals surface area contributed by atoms with Crippen LogP contribution in [0.25, 0.3) is 11.4 Å². The van der Waals surface area contributed by atoms with Gasteiger partial charge in [-0.25, -0.2) is 0 Å². The van der Waals surface area contributed by atoms with E-state index >= 15 is 0 Å². The smallest absolute Gasteiger partial charge is 0.227 e. The van der Waals surface area contributed by atoms with Gasteiger partial charge in [-0.2, -0.15) is 10.1 Å². The highest BCUT2D eigenvalue weighted by molar-refractivity contribution is 5.76. The molecule has 0 saturated carbocycles. The molecule has 0 saturated heterocycles. The third-order valence-electron chi connectivity index (χ3n) is 5.84. The molecule has 0 fully saturated rings. The van der Waals surface area contributed by atoms with Crippen LogP contribution in [-0.4, -0.2) is 25.8 Å². The third kappa shape index (κ3) is 4.46. The van der Waals surface area contributed by atoms with Gasteiger partial charge in [-0.05, 0) is 24.8 Å². The van der Waals surface area contributed by atoms with Gasteiger partial charge in [0.2, 0.25) is 17.6 Å². The van der Waals surface area contributed by atoms with E-state index in [1.165, 1.54) is 11.3 Å². The van der Waals surface area contributed by atoms with Gasteiger partial charge in [-0.1, -0.05) is 65.8 Å². The Morgan fingerprint density at radius 1 is 1.09 bits per heavy atom. The van der Waals surface area contributed by atoms with Gasteiger partial charge in [0.25, 0.3) is 0 Å². The standard InChI is InChI=1S/C25H25N5O2/c31-23(14-15-24-28-25(29-32-24)19-10-5-2-6-11-19)27-21-12-7-13-22-20(21)16-26-30(22)17-18-8-3-1-4-9-18/h1-6,8-11,16,21H,7,12-15,17H2,(H,27,31). The summed E-state index contributed by atoms with van der Waals surface area (Å²) in [7, 11) is 0. The zero-order valence-electron chi connectivity index (χ0n) is 17.8. The largest absolute Gasteiger partial charge is 0.349 e. The minimum Gasteiger partial charge on any atom is -0.349 e. The number of benzene rings is 2. The molecule has 2 aromatic carbocycles. The van der Waals surface area contributed by atoms with Crippen LogP contribution in [0.5, 0.6) is 0 Å². The summed E-state index contributed by atoms with van der Waals surface area (Å²) in [4.78, 5) is 17.0. The minimum atomic E-state index is -0.0156. The molecule has 1 atom stereocenters. The first kappa shape index (κ1) is 20.2. The van der Waals surface area contributed by atoms with E-state index < -0.39 is 0 Å². The van der Waals surface area contributed by atoms with Crippen LogP contribution in [0.4, 0.5) is 0 Å². The molecule has 2 heterocycles. The second-order valence-electron chi connectivity index (χ2n) is 8.08. The highest BCUT2D eigenvalue weighted by Crippen LogP contribution is 2.30. The number of carbonyl (C=O) groups excluding carboxylic acids is 1. The van der Waals surface area contributed by atoms with Crippen molar-refractivity contribution in [2.45, 2.75) is 44.7 Å². The molecule has 0 bridgehead atoms. The second kappa shape index (κ2) is 9.18. The summed E-state index contributed by atoms with van der Waals surface area (Å²) in [6.07, 6.45) is 5.57. The first-order valence-electron chi connectivity index (χ1n) is 11.0. The topological polar surface area (TPSA) is 85.8 Å². The molecule has 32 heavy (non-hydrogen) atoms. The lowest BCUT2D eigenvalue weighted by Gasteiger charge is -2.24. The highest BCUT2D eigenvalue weighted by Gasteiger charge is 2.25. The maximum atomic E-state index is 12.6. The van der Waals surface area contributed by atoms with Crippen molar-refractivity contribution >= 4 is 5.91 Å². The van der Waals surface area contributed by atoms with E-state index in [1.54, 1.807) is 0 Å². The molecule has 1 aliphatic rings. The molecule has 1 N–H and O–H groups in total. The Morgan fingerprint density at radius 2 is 1.88 bits per heavy atom. The van der Waals surface area contributed by atoms with Gasteiger partial charge < -0.3 is 9.84 Å². The fourth-order valence-electron chi connectivity index (χ4n) is 4.21. The van der Waals surface area contributed by atoms with Crippen LogP contribution in [0, 0.1) is 0 Å². The van der Waals surface area contributed by atoms with Crippen molar-refractivity contribution < 1.29 is 9.32 Å². The van der Waals surface area contributed by atoms with E-state index in [4.69, 9.17) is 4.52 Å². The van der Waals surface area contributed by atoms with E-state index in [-0.39, 0.29) is 11.9 Å². The third-order valence-corrected chi connectivity index (χ3v) is 5.84. The van der Waals surface area contributed by atoms with Crippen LogP contribution in [0.15, 0.2) is 71.4 Å². The molecule has 0 aliphatic heterocycles. The van der Waals surface area contributed by atoms with Gasteiger partial charge in [0, 0.05) is 29.7 Å². The molecular weight excluding hydrogens is 402 g/mol. The molecule has 7 nitrogen and oxygen atoms in total. The average Bonchev–Trinajstić information content (AvgIpc) is 3.47. The Kier molecular flexibility index (Phi) is 5.79. The molecule has 1 amide bonds. The minimum absolute atomic E-state index is 0.00154. The predicted molar refractivity (Wildman–Crippen MR) is 120 cm³/mol. The lowest BCUT2D eigenvalue weighted by Crippen LogP contribution is -2.31. The van der Waals surface area contributed by atoms with Gasteiger partial charge in [-0.15, -0.1) is 0 Å².